The molecule has 0 aromatic carbocycles. The summed E-state index contributed by atoms with van der Waals surface area (Å²) in [5.41, 5.74) is 1.21. The lowest BCUT2D eigenvalue weighted by Gasteiger charge is -2.19. The Balaban J connectivity index is 1.50. The average Bonchev–Trinajstić information content (AvgIpc) is 3.47. The normalized spacial score (nSPS) is 13.4. The van der Waals surface area contributed by atoms with Crippen molar-refractivity contribution in [3.8, 4) is 17.3 Å². The van der Waals surface area contributed by atoms with E-state index in [0.29, 0.717) is 28.8 Å². The van der Waals surface area contributed by atoms with Gasteiger partial charge in [-0.3, -0.25) is 10.1 Å². The number of amides is 1. The van der Waals surface area contributed by atoms with Crippen LogP contribution >= 0.6 is 0 Å². The summed E-state index contributed by atoms with van der Waals surface area (Å²) < 4.78 is 10.9. The molecular formula is C20H22N6O3. The molecule has 3 aromatic heterocycles. The minimum atomic E-state index is 0.0705. The second-order valence-electron chi connectivity index (χ2n) is 7.14. The van der Waals surface area contributed by atoms with Crippen LogP contribution in [0.1, 0.15) is 26.7 Å². The minimum absolute atomic E-state index is 0.0705. The summed E-state index contributed by atoms with van der Waals surface area (Å²) in [5, 5.41) is 6.96. The Kier molecular flexibility index (Phi) is 5.11. The number of anilines is 3. The Morgan fingerprint density at radius 1 is 1.28 bits per heavy atom. The monoisotopic (exact) mass is 394 g/mol. The first kappa shape index (κ1) is 18.9. The second-order valence-corrected chi connectivity index (χ2v) is 7.14. The molecule has 4 rings (SSSR count). The fourth-order valence-corrected chi connectivity index (χ4v) is 2.82. The Labute approximate surface area is 168 Å². The number of hydrogen-bond acceptors (Lipinski definition) is 8. The lowest BCUT2D eigenvalue weighted by atomic mass is 10.3. The van der Waals surface area contributed by atoms with E-state index in [1.807, 2.05) is 19.9 Å². The van der Waals surface area contributed by atoms with Gasteiger partial charge in [-0.05, 0) is 51.0 Å². The molecule has 9 nitrogen and oxygen atoms in total. The molecule has 3 heterocycles. The fraction of sp³-hybridized carbons (Fsp3) is 0.350. The first-order valence-electron chi connectivity index (χ1n) is 9.47. The molecule has 0 atom stereocenters. The molecule has 1 aliphatic rings. The van der Waals surface area contributed by atoms with E-state index in [9.17, 15) is 4.79 Å². The molecule has 0 unspecified atom stereocenters. The zero-order valence-electron chi connectivity index (χ0n) is 16.5. The van der Waals surface area contributed by atoms with Crippen LogP contribution in [-0.4, -0.2) is 39.2 Å². The highest BCUT2D eigenvalue weighted by molar-refractivity contribution is 5.98. The highest BCUT2D eigenvalue weighted by atomic mass is 16.5. The SMILES string of the molecule is CC(C)Oc1ccc(-c2noc(Nc3ncccc3N(C)C(=O)C3CC3)n2)nc1. The van der Waals surface area contributed by atoms with Crippen molar-refractivity contribution in [2.24, 2.45) is 5.92 Å². The van der Waals surface area contributed by atoms with Crippen LogP contribution < -0.4 is 15.0 Å². The lowest BCUT2D eigenvalue weighted by molar-refractivity contribution is -0.119. The molecule has 0 saturated heterocycles. The number of ether oxygens (including phenoxy) is 1. The molecule has 9 heteroatoms. The van der Waals surface area contributed by atoms with E-state index < -0.39 is 0 Å². The summed E-state index contributed by atoms with van der Waals surface area (Å²) in [6, 6.07) is 7.33. The van der Waals surface area contributed by atoms with Crippen molar-refractivity contribution in [2.45, 2.75) is 32.8 Å². The first-order chi connectivity index (χ1) is 14.0. The van der Waals surface area contributed by atoms with Crippen LogP contribution in [0.3, 0.4) is 0 Å². The summed E-state index contributed by atoms with van der Waals surface area (Å²) in [5.74, 6) is 1.67. The molecular weight excluding hydrogens is 372 g/mol. The van der Waals surface area contributed by atoms with Gasteiger partial charge < -0.3 is 14.2 Å². The Morgan fingerprint density at radius 2 is 2.10 bits per heavy atom. The van der Waals surface area contributed by atoms with Gasteiger partial charge in [-0.15, -0.1) is 0 Å². The van der Waals surface area contributed by atoms with Crippen LogP contribution in [0.4, 0.5) is 17.5 Å². The van der Waals surface area contributed by atoms with E-state index >= 15 is 0 Å². The number of rotatable bonds is 7. The third kappa shape index (κ3) is 4.34. The van der Waals surface area contributed by atoms with Gasteiger partial charge >= 0.3 is 6.01 Å². The molecule has 1 aliphatic carbocycles. The number of nitrogens with one attached hydrogen (secondary N) is 1. The van der Waals surface area contributed by atoms with E-state index in [2.05, 4.69) is 25.4 Å². The number of pyridine rings is 2. The van der Waals surface area contributed by atoms with E-state index in [4.69, 9.17) is 9.26 Å². The number of carbonyl (C=O) groups is 1. The molecule has 1 amide bonds. The summed E-state index contributed by atoms with van der Waals surface area (Å²) in [7, 11) is 1.74. The zero-order chi connectivity index (χ0) is 20.4. The minimum Gasteiger partial charge on any atom is -0.489 e. The predicted molar refractivity (Wildman–Crippen MR) is 107 cm³/mol. The van der Waals surface area contributed by atoms with Crippen molar-refractivity contribution in [1.82, 2.24) is 20.1 Å². The number of carbonyl (C=O) groups excluding carboxylic acids is 1. The van der Waals surface area contributed by atoms with Crippen LogP contribution in [0.25, 0.3) is 11.5 Å². The van der Waals surface area contributed by atoms with Crippen molar-refractivity contribution in [2.75, 3.05) is 17.3 Å². The Bertz CT molecular complexity index is 997. The maximum absolute atomic E-state index is 12.4. The smallest absolute Gasteiger partial charge is 0.327 e. The van der Waals surface area contributed by atoms with Crippen LogP contribution in [0, 0.1) is 5.92 Å². The van der Waals surface area contributed by atoms with Crippen molar-refractivity contribution >= 4 is 23.4 Å². The van der Waals surface area contributed by atoms with E-state index in [1.165, 1.54) is 0 Å². The van der Waals surface area contributed by atoms with Crippen LogP contribution in [-0.2, 0) is 4.79 Å². The van der Waals surface area contributed by atoms with Crippen LogP contribution in [0.2, 0.25) is 0 Å². The van der Waals surface area contributed by atoms with Gasteiger partial charge in [0.1, 0.15) is 11.4 Å². The van der Waals surface area contributed by atoms with Crippen molar-refractivity contribution in [1.29, 1.82) is 0 Å². The Hall–Kier alpha value is -3.49. The fourth-order valence-electron chi connectivity index (χ4n) is 2.82. The van der Waals surface area contributed by atoms with Gasteiger partial charge in [0.05, 0.1) is 18.0 Å². The topological polar surface area (TPSA) is 106 Å². The van der Waals surface area contributed by atoms with Crippen LogP contribution in [0.5, 0.6) is 5.75 Å². The predicted octanol–water partition coefficient (Wildman–Crippen LogP) is 3.43. The molecule has 0 aliphatic heterocycles. The zero-order valence-corrected chi connectivity index (χ0v) is 16.5. The molecule has 150 valence electrons. The van der Waals surface area contributed by atoms with Gasteiger partial charge in [-0.1, -0.05) is 5.16 Å². The second kappa shape index (κ2) is 7.86. The number of hydrogen-bond donors (Lipinski definition) is 1. The van der Waals surface area contributed by atoms with Crippen molar-refractivity contribution < 1.29 is 14.1 Å². The van der Waals surface area contributed by atoms with Crippen molar-refractivity contribution in [3.63, 3.8) is 0 Å². The maximum Gasteiger partial charge on any atom is 0.327 e. The number of nitrogens with zero attached hydrogens (tertiary/aromatic N) is 5. The molecule has 3 aromatic rings. The number of aromatic nitrogens is 4. The maximum atomic E-state index is 12.4. The van der Waals surface area contributed by atoms with E-state index in [0.717, 1.165) is 12.8 Å². The van der Waals surface area contributed by atoms with Crippen LogP contribution in [0.15, 0.2) is 41.2 Å². The lowest BCUT2D eigenvalue weighted by Crippen LogP contribution is -2.28. The van der Waals surface area contributed by atoms with Crippen molar-refractivity contribution in [3.05, 3.63) is 36.7 Å². The van der Waals surface area contributed by atoms with Gasteiger partial charge in [-0.25, -0.2) is 9.97 Å². The Morgan fingerprint density at radius 3 is 2.79 bits per heavy atom. The third-order valence-corrected chi connectivity index (χ3v) is 4.39. The summed E-state index contributed by atoms with van der Waals surface area (Å²) in [6.07, 6.45) is 5.20. The summed E-state index contributed by atoms with van der Waals surface area (Å²) in [4.78, 5) is 27.0. The molecule has 29 heavy (non-hydrogen) atoms. The molecule has 0 radical (unpaired) electrons. The van der Waals surface area contributed by atoms with Gasteiger partial charge in [0, 0.05) is 19.2 Å². The van der Waals surface area contributed by atoms with Gasteiger partial charge in [0.25, 0.3) is 0 Å². The molecule has 0 bridgehead atoms. The highest BCUT2D eigenvalue weighted by Crippen LogP contribution is 2.34. The van der Waals surface area contributed by atoms with Gasteiger partial charge in [0.15, 0.2) is 5.82 Å². The molecule has 1 fully saturated rings. The summed E-state index contributed by atoms with van der Waals surface area (Å²) in [6.45, 7) is 3.90. The molecule has 1 saturated carbocycles. The van der Waals surface area contributed by atoms with Gasteiger partial charge in [-0.2, -0.15) is 4.98 Å². The quantitative estimate of drug-likeness (QED) is 0.650. The highest BCUT2D eigenvalue weighted by Gasteiger charge is 2.33. The van der Waals surface area contributed by atoms with E-state index in [1.54, 1.807) is 42.5 Å². The third-order valence-electron chi connectivity index (χ3n) is 4.39. The van der Waals surface area contributed by atoms with Gasteiger partial charge in [0.2, 0.25) is 11.7 Å². The average molecular weight is 394 g/mol. The van der Waals surface area contributed by atoms with E-state index in [-0.39, 0.29) is 23.9 Å². The standard InChI is InChI=1S/C20H22N6O3/c1-12(2)28-14-8-9-15(22-11-14)17-23-20(29-25-17)24-18-16(5-4-10-21-18)26(3)19(27)13-6-7-13/h4-5,8-13H,6-7H2,1-3H3,(H,21,23,24,25). The largest absolute Gasteiger partial charge is 0.489 e. The molecule has 0 spiro atoms. The first-order valence-corrected chi connectivity index (χ1v) is 9.47. The summed E-state index contributed by atoms with van der Waals surface area (Å²) >= 11 is 0. The molecule has 1 N–H and O–H groups in total.